The van der Waals surface area contributed by atoms with Gasteiger partial charge in [0, 0.05) is 13.1 Å². The van der Waals surface area contributed by atoms with E-state index in [4.69, 9.17) is 23.2 Å². The Kier molecular flexibility index (Phi) is 10.4. The van der Waals surface area contributed by atoms with Crippen LogP contribution in [0.1, 0.15) is 38.3 Å². The fourth-order valence-electron chi connectivity index (χ4n) is 3.63. The predicted molar refractivity (Wildman–Crippen MR) is 142 cm³/mol. The summed E-state index contributed by atoms with van der Waals surface area (Å²) < 4.78 is 26.3. The van der Waals surface area contributed by atoms with E-state index in [1.54, 1.807) is 6.07 Å². The van der Waals surface area contributed by atoms with E-state index in [9.17, 15) is 18.0 Å². The lowest BCUT2D eigenvalue weighted by atomic mass is 10.1. The average molecular weight is 543 g/mol. The van der Waals surface area contributed by atoms with Crippen LogP contribution in [0.25, 0.3) is 0 Å². The highest BCUT2D eigenvalue weighted by atomic mass is 35.5. The molecule has 2 aromatic rings. The molecule has 0 spiro atoms. The van der Waals surface area contributed by atoms with Gasteiger partial charge in [-0.05, 0) is 37.0 Å². The second kappa shape index (κ2) is 12.6. The number of rotatable bonds is 11. The third-order valence-electron chi connectivity index (χ3n) is 5.38. The summed E-state index contributed by atoms with van der Waals surface area (Å²) in [7, 11) is -3.90. The van der Waals surface area contributed by atoms with Crippen LogP contribution >= 0.6 is 23.2 Å². The minimum Gasteiger partial charge on any atom is -0.354 e. The highest BCUT2D eigenvalue weighted by Gasteiger charge is 2.32. The van der Waals surface area contributed by atoms with Crippen molar-refractivity contribution in [2.75, 3.05) is 23.7 Å². The summed E-state index contributed by atoms with van der Waals surface area (Å²) >= 11 is 12.4. The van der Waals surface area contributed by atoms with Crippen LogP contribution in [0.2, 0.25) is 10.0 Å². The molecule has 0 aliphatic rings. The van der Waals surface area contributed by atoms with Crippen molar-refractivity contribution < 1.29 is 18.0 Å². The fraction of sp³-hybridized carbons (Fsp3) is 0.440. The van der Waals surface area contributed by atoms with Crippen LogP contribution in [-0.4, -0.2) is 50.5 Å². The Hall–Kier alpha value is -2.29. The van der Waals surface area contributed by atoms with Gasteiger partial charge in [0.25, 0.3) is 0 Å². The van der Waals surface area contributed by atoms with Crippen molar-refractivity contribution >= 4 is 50.7 Å². The summed E-state index contributed by atoms with van der Waals surface area (Å²) in [6.45, 7) is 7.81. The van der Waals surface area contributed by atoms with Gasteiger partial charge in [-0.2, -0.15) is 0 Å². The molecule has 0 saturated heterocycles. The quantitative estimate of drug-likeness (QED) is 0.448. The lowest BCUT2D eigenvalue weighted by molar-refractivity contribution is -0.140. The van der Waals surface area contributed by atoms with Gasteiger partial charge in [-0.25, -0.2) is 8.42 Å². The Morgan fingerprint density at radius 2 is 1.74 bits per heavy atom. The van der Waals surface area contributed by atoms with Crippen molar-refractivity contribution in [1.29, 1.82) is 0 Å². The molecule has 0 aliphatic heterocycles. The van der Waals surface area contributed by atoms with Crippen LogP contribution in [0.4, 0.5) is 5.69 Å². The van der Waals surface area contributed by atoms with Gasteiger partial charge in [0.05, 0.1) is 22.0 Å². The zero-order valence-electron chi connectivity index (χ0n) is 20.7. The molecule has 0 bridgehead atoms. The molecule has 0 aliphatic carbocycles. The lowest BCUT2D eigenvalue weighted by Crippen LogP contribution is -2.52. The van der Waals surface area contributed by atoms with Gasteiger partial charge >= 0.3 is 0 Å². The molecule has 35 heavy (non-hydrogen) atoms. The molecule has 0 saturated carbocycles. The number of benzene rings is 2. The topological polar surface area (TPSA) is 86.8 Å². The number of hydrogen-bond donors (Lipinski definition) is 1. The number of anilines is 1. The van der Waals surface area contributed by atoms with Gasteiger partial charge in [-0.1, -0.05) is 79.9 Å². The first-order valence-electron chi connectivity index (χ1n) is 11.4. The van der Waals surface area contributed by atoms with Crippen molar-refractivity contribution in [3.8, 4) is 0 Å². The van der Waals surface area contributed by atoms with Gasteiger partial charge in [0.15, 0.2) is 0 Å². The standard InChI is InChI=1S/C25H33Cl2N3O4S/c1-6-21(25(32)28-14-17(2)3)29(15-19-10-7-9-18(4)13-19)23(31)16-30(35(5,33)34)22-12-8-11-20(26)24(22)27/h7-13,17,21H,6,14-16H2,1-5H3,(H,28,32)/t21-/m1/s1. The number of nitrogens with zero attached hydrogens (tertiary/aromatic N) is 2. The first-order valence-corrected chi connectivity index (χ1v) is 14.0. The molecular weight excluding hydrogens is 509 g/mol. The number of halogens is 2. The number of sulfonamides is 1. The molecule has 192 valence electrons. The zero-order valence-corrected chi connectivity index (χ0v) is 23.0. The van der Waals surface area contributed by atoms with E-state index >= 15 is 0 Å². The Balaban J connectivity index is 2.47. The number of amides is 2. The van der Waals surface area contributed by atoms with Gasteiger partial charge in [0.1, 0.15) is 12.6 Å². The zero-order chi connectivity index (χ0) is 26.3. The maximum absolute atomic E-state index is 13.7. The Morgan fingerprint density at radius 1 is 1.09 bits per heavy atom. The van der Waals surface area contributed by atoms with E-state index in [0.717, 1.165) is 21.7 Å². The Morgan fingerprint density at radius 3 is 2.31 bits per heavy atom. The van der Waals surface area contributed by atoms with E-state index < -0.39 is 28.5 Å². The maximum Gasteiger partial charge on any atom is 0.244 e. The molecule has 0 aromatic heterocycles. The number of aryl methyl sites for hydroxylation is 1. The average Bonchev–Trinajstić information content (AvgIpc) is 2.77. The van der Waals surface area contributed by atoms with Crippen LogP contribution in [0.15, 0.2) is 42.5 Å². The monoisotopic (exact) mass is 541 g/mol. The van der Waals surface area contributed by atoms with E-state index in [-0.39, 0.29) is 34.1 Å². The number of carbonyl (C=O) groups excluding carboxylic acids is 2. The third-order valence-corrected chi connectivity index (χ3v) is 7.32. The van der Waals surface area contributed by atoms with E-state index in [2.05, 4.69) is 5.32 Å². The highest BCUT2D eigenvalue weighted by Crippen LogP contribution is 2.33. The molecule has 1 N–H and O–H groups in total. The Labute approximate surface area is 218 Å². The SMILES string of the molecule is CC[C@H](C(=O)NCC(C)C)N(Cc1cccc(C)c1)C(=O)CN(c1cccc(Cl)c1Cl)S(C)(=O)=O. The molecule has 7 nitrogen and oxygen atoms in total. The summed E-state index contributed by atoms with van der Waals surface area (Å²) in [6, 6.07) is 11.4. The van der Waals surface area contributed by atoms with E-state index in [1.165, 1.54) is 17.0 Å². The van der Waals surface area contributed by atoms with Crippen molar-refractivity contribution in [2.24, 2.45) is 5.92 Å². The van der Waals surface area contributed by atoms with Crippen LogP contribution < -0.4 is 9.62 Å². The van der Waals surface area contributed by atoms with Gasteiger partial charge in [-0.15, -0.1) is 0 Å². The predicted octanol–water partition coefficient (Wildman–Crippen LogP) is 4.65. The molecule has 2 amide bonds. The molecule has 0 radical (unpaired) electrons. The van der Waals surface area contributed by atoms with E-state index in [1.807, 2.05) is 52.0 Å². The largest absolute Gasteiger partial charge is 0.354 e. The first kappa shape index (κ1) is 28.9. The first-order chi connectivity index (χ1) is 16.3. The summed E-state index contributed by atoms with van der Waals surface area (Å²) in [5.41, 5.74) is 1.94. The number of hydrogen-bond acceptors (Lipinski definition) is 4. The van der Waals surface area contributed by atoms with Crippen molar-refractivity contribution in [3.63, 3.8) is 0 Å². The maximum atomic E-state index is 13.7. The second-order valence-electron chi connectivity index (χ2n) is 8.92. The Bertz CT molecular complexity index is 1160. The van der Waals surface area contributed by atoms with E-state index in [0.29, 0.717) is 13.0 Å². The molecular formula is C25H33Cl2N3O4S. The summed E-state index contributed by atoms with van der Waals surface area (Å²) in [5, 5.41) is 3.09. The molecule has 2 aromatic carbocycles. The second-order valence-corrected chi connectivity index (χ2v) is 11.6. The van der Waals surface area contributed by atoms with Gasteiger partial charge < -0.3 is 10.2 Å². The molecule has 2 rings (SSSR count). The normalized spacial score (nSPS) is 12.3. The van der Waals surface area contributed by atoms with Gasteiger partial charge in [0.2, 0.25) is 21.8 Å². The van der Waals surface area contributed by atoms with Crippen molar-refractivity contribution in [2.45, 2.75) is 46.7 Å². The minimum absolute atomic E-state index is 0.0272. The molecule has 0 heterocycles. The molecule has 1 atom stereocenters. The lowest BCUT2D eigenvalue weighted by Gasteiger charge is -2.33. The van der Waals surface area contributed by atoms with Crippen LogP contribution in [0.5, 0.6) is 0 Å². The number of carbonyl (C=O) groups is 2. The van der Waals surface area contributed by atoms with Gasteiger partial charge in [-0.3, -0.25) is 13.9 Å². The molecule has 0 fully saturated rings. The van der Waals surface area contributed by atoms with Crippen LogP contribution in [0.3, 0.4) is 0 Å². The fourth-order valence-corrected chi connectivity index (χ4v) is 4.93. The minimum atomic E-state index is -3.90. The van der Waals surface area contributed by atoms with Crippen LogP contribution in [0, 0.1) is 12.8 Å². The number of nitrogens with one attached hydrogen (secondary N) is 1. The summed E-state index contributed by atoms with van der Waals surface area (Å²) in [5.74, 6) is -0.573. The molecule has 0 unspecified atom stereocenters. The highest BCUT2D eigenvalue weighted by molar-refractivity contribution is 7.92. The van der Waals surface area contributed by atoms with Crippen LogP contribution in [-0.2, 0) is 26.2 Å². The third kappa shape index (κ3) is 8.12. The smallest absolute Gasteiger partial charge is 0.244 e. The van der Waals surface area contributed by atoms with Crippen molar-refractivity contribution in [3.05, 3.63) is 63.6 Å². The summed E-state index contributed by atoms with van der Waals surface area (Å²) in [6.07, 6.45) is 1.35. The van der Waals surface area contributed by atoms with Crippen molar-refractivity contribution in [1.82, 2.24) is 10.2 Å². The summed E-state index contributed by atoms with van der Waals surface area (Å²) in [4.78, 5) is 28.2. The molecule has 10 heteroatoms.